The molecule has 2 N–H and O–H groups in total. The number of pyridine rings is 1. The Labute approximate surface area is 137 Å². The van der Waals surface area contributed by atoms with Crippen LogP contribution in [-0.2, 0) is 23.0 Å². The first-order valence-electron chi connectivity index (χ1n) is 6.98. The van der Waals surface area contributed by atoms with E-state index in [1.165, 1.54) is 18.0 Å². The second-order valence-corrected chi connectivity index (χ2v) is 5.62. The third kappa shape index (κ3) is 4.52. The van der Waals surface area contributed by atoms with Crippen molar-refractivity contribution in [3.8, 4) is 0 Å². The van der Waals surface area contributed by atoms with Crippen molar-refractivity contribution in [2.24, 2.45) is 12.8 Å². The molecule has 0 atom stereocenters. The Morgan fingerprint density at radius 3 is 2.74 bits per heavy atom. The standard InChI is InChI=1S/C14H17N5O3S/c1-3-22-13(21)9-4-7-12(16-8-9)23-14-18-17-11(19(14)2)6-5-10(15)20/h4,7-8H,3,5-6H2,1-2H3,(H2,15,20). The zero-order valence-corrected chi connectivity index (χ0v) is 13.7. The number of amides is 1. The first-order chi connectivity index (χ1) is 11.0. The minimum atomic E-state index is -0.399. The second kappa shape index (κ2) is 7.73. The molecule has 0 spiro atoms. The number of nitrogens with two attached hydrogens (primary N) is 1. The summed E-state index contributed by atoms with van der Waals surface area (Å²) in [6.45, 7) is 2.07. The summed E-state index contributed by atoms with van der Waals surface area (Å²) in [4.78, 5) is 26.6. The SMILES string of the molecule is CCOC(=O)c1ccc(Sc2nnc(CCC(N)=O)n2C)nc1. The van der Waals surface area contributed by atoms with E-state index in [9.17, 15) is 9.59 Å². The van der Waals surface area contributed by atoms with Gasteiger partial charge in [-0.3, -0.25) is 4.79 Å². The zero-order valence-electron chi connectivity index (χ0n) is 12.9. The maximum Gasteiger partial charge on any atom is 0.339 e. The molecule has 0 aliphatic carbocycles. The molecule has 0 saturated heterocycles. The van der Waals surface area contributed by atoms with E-state index in [1.807, 2.05) is 7.05 Å². The molecular formula is C14H17N5O3S. The predicted molar refractivity (Wildman–Crippen MR) is 82.8 cm³/mol. The largest absolute Gasteiger partial charge is 0.462 e. The highest BCUT2D eigenvalue weighted by molar-refractivity contribution is 7.99. The highest BCUT2D eigenvalue weighted by atomic mass is 32.2. The molecule has 0 aliphatic rings. The molecule has 0 bridgehead atoms. The molecule has 0 saturated carbocycles. The Bertz CT molecular complexity index is 699. The number of carbonyl (C=O) groups excluding carboxylic acids is 2. The lowest BCUT2D eigenvalue weighted by Crippen LogP contribution is -2.12. The van der Waals surface area contributed by atoms with Crippen molar-refractivity contribution < 1.29 is 14.3 Å². The van der Waals surface area contributed by atoms with Gasteiger partial charge in [-0.1, -0.05) is 0 Å². The van der Waals surface area contributed by atoms with E-state index in [-0.39, 0.29) is 12.3 Å². The maximum absolute atomic E-state index is 11.6. The van der Waals surface area contributed by atoms with E-state index in [0.717, 1.165) is 0 Å². The van der Waals surface area contributed by atoms with E-state index in [4.69, 9.17) is 10.5 Å². The van der Waals surface area contributed by atoms with Gasteiger partial charge in [0.15, 0.2) is 5.16 Å². The summed E-state index contributed by atoms with van der Waals surface area (Å²) in [5.74, 6) is -0.100. The number of carbonyl (C=O) groups is 2. The Kier molecular flexibility index (Phi) is 5.69. The van der Waals surface area contributed by atoms with Gasteiger partial charge in [0.1, 0.15) is 10.9 Å². The average molecular weight is 335 g/mol. The van der Waals surface area contributed by atoms with E-state index < -0.39 is 5.97 Å². The highest BCUT2D eigenvalue weighted by Gasteiger charge is 2.12. The van der Waals surface area contributed by atoms with Crippen LogP contribution in [0.1, 0.15) is 29.5 Å². The number of rotatable bonds is 7. The van der Waals surface area contributed by atoms with Crippen LogP contribution in [0.5, 0.6) is 0 Å². The average Bonchev–Trinajstić information content (AvgIpc) is 2.87. The molecule has 0 radical (unpaired) electrons. The van der Waals surface area contributed by atoms with Crippen molar-refractivity contribution in [1.82, 2.24) is 19.7 Å². The van der Waals surface area contributed by atoms with Crippen LogP contribution in [0.3, 0.4) is 0 Å². The number of aryl methyl sites for hydroxylation is 1. The molecule has 0 aliphatic heterocycles. The van der Waals surface area contributed by atoms with Crippen LogP contribution in [0, 0.1) is 0 Å². The number of esters is 1. The lowest BCUT2D eigenvalue weighted by Gasteiger charge is -2.04. The third-order valence-electron chi connectivity index (χ3n) is 2.96. The van der Waals surface area contributed by atoms with Crippen LogP contribution in [0.25, 0.3) is 0 Å². The molecule has 0 aromatic carbocycles. The van der Waals surface area contributed by atoms with Gasteiger partial charge in [-0.2, -0.15) is 0 Å². The van der Waals surface area contributed by atoms with Crippen molar-refractivity contribution >= 4 is 23.6 Å². The van der Waals surface area contributed by atoms with Crippen molar-refractivity contribution in [3.05, 3.63) is 29.7 Å². The Balaban J connectivity index is 2.05. The summed E-state index contributed by atoms with van der Waals surface area (Å²) in [5.41, 5.74) is 5.53. The Hall–Kier alpha value is -2.42. The molecule has 2 heterocycles. The van der Waals surface area contributed by atoms with E-state index >= 15 is 0 Å². The van der Waals surface area contributed by atoms with Gasteiger partial charge in [0.25, 0.3) is 0 Å². The summed E-state index contributed by atoms with van der Waals surface area (Å²) < 4.78 is 6.69. The molecule has 0 fully saturated rings. The van der Waals surface area contributed by atoms with Crippen LogP contribution in [0.2, 0.25) is 0 Å². The topological polar surface area (TPSA) is 113 Å². The molecule has 122 valence electrons. The van der Waals surface area contributed by atoms with Crippen LogP contribution >= 0.6 is 11.8 Å². The zero-order chi connectivity index (χ0) is 16.8. The summed E-state index contributed by atoms with van der Waals surface area (Å²) >= 11 is 1.31. The van der Waals surface area contributed by atoms with Gasteiger partial charge in [0, 0.05) is 26.1 Å². The normalized spacial score (nSPS) is 10.5. The van der Waals surface area contributed by atoms with Crippen molar-refractivity contribution in [1.29, 1.82) is 0 Å². The first kappa shape index (κ1) is 16.9. The van der Waals surface area contributed by atoms with Crippen molar-refractivity contribution in [3.63, 3.8) is 0 Å². The minimum absolute atomic E-state index is 0.225. The number of hydrogen-bond donors (Lipinski definition) is 1. The monoisotopic (exact) mass is 335 g/mol. The van der Waals surface area contributed by atoms with Crippen LogP contribution in [0.15, 0.2) is 28.5 Å². The van der Waals surface area contributed by atoms with Gasteiger partial charge in [-0.25, -0.2) is 9.78 Å². The van der Waals surface area contributed by atoms with Gasteiger partial charge < -0.3 is 15.0 Å². The number of hydrogen-bond acceptors (Lipinski definition) is 7. The molecule has 1 amide bonds. The quantitative estimate of drug-likeness (QED) is 0.750. The fraction of sp³-hybridized carbons (Fsp3) is 0.357. The highest BCUT2D eigenvalue weighted by Crippen LogP contribution is 2.24. The van der Waals surface area contributed by atoms with E-state index in [2.05, 4.69) is 15.2 Å². The molecule has 9 heteroatoms. The van der Waals surface area contributed by atoms with Crippen LogP contribution < -0.4 is 5.73 Å². The fourth-order valence-corrected chi connectivity index (χ4v) is 2.51. The Morgan fingerprint density at radius 1 is 1.35 bits per heavy atom. The number of aromatic nitrogens is 4. The summed E-state index contributed by atoms with van der Waals surface area (Å²) in [6, 6.07) is 3.37. The fourth-order valence-electron chi connectivity index (χ4n) is 1.76. The minimum Gasteiger partial charge on any atom is -0.462 e. The van der Waals surface area contributed by atoms with Crippen molar-refractivity contribution in [2.75, 3.05) is 6.61 Å². The first-order valence-corrected chi connectivity index (χ1v) is 7.80. The van der Waals surface area contributed by atoms with Crippen LogP contribution in [0.4, 0.5) is 0 Å². The summed E-state index contributed by atoms with van der Waals surface area (Å²) in [7, 11) is 1.81. The molecule has 0 unspecified atom stereocenters. The number of nitrogens with zero attached hydrogens (tertiary/aromatic N) is 4. The number of ether oxygens (including phenoxy) is 1. The molecule has 8 nitrogen and oxygen atoms in total. The third-order valence-corrected chi connectivity index (χ3v) is 3.95. The lowest BCUT2D eigenvalue weighted by atomic mass is 10.3. The van der Waals surface area contributed by atoms with Gasteiger partial charge in [0.2, 0.25) is 5.91 Å². The van der Waals surface area contributed by atoms with Gasteiger partial charge in [0.05, 0.1) is 12.2 Å². The lowest BCUT2D eigenvalue weighted by molar-refractivity contribution is -0.118. The molecule has 2 aromatic heterocycles. The molecule has 2 aromatic rings. The van der Waals surface area contributed by atoms with E-state index in [1.54, 1.807) is 23.6 Å². The van der Waals surface area contributed by atoms with Crippen LogP contribution in [-0.4, -0.2) is 38.2 Å². The molecular weight excluding hydrogens is 318 g/mol. The smallest absolute Gasteiger partial charge is 0.339 e. The van der Waals surface area contributed by atoms with Gasteiger partial charge in [-0.05, 0) is 30.8 Å². The van der Waals surface area contributed by atoms with Gasteiger partial charge in [-0.15, -0.1) is 10.2 Å². The Morgan fingerprint density at radius 2 is 2.13 bits per heavy atom. The molecule has 2 rings (SSSR count). The number of primary amides is 1. The maximum atomic E-state index is 11.6. The molecule has 23 heavy (non-hydrogen) atoms. The van der Waals surface area contributed by atoms with Gasteiger partial charge >= 0.3 is 5.97 Å². The summed E-state index contributed by atoms with van der Waals surface area (Å²) in [6.07, 6.45) is 2.13. The predicted octanol–water partition coefficient (Wildman–Crippen LogP) is 0.956. The van der Waals surface area contributed by atoms with E-state index in [0.29, 0.717) is 34.6 Å². The summed E-state index contributed by atoms with van der Waals surface area (Å²) in [5, 5.41) is 9.42. The second-order valence-electron chi connectivity index (χ2n) is 4.63. The van der Waals surface area contributed by atoms with Crippen molar-refractivity contribution in [2.45, 2.75) is 29.9 Å².